The second-order valence-electron chi connectivity index (χ2n) is 6.38. The van der Waals surface area contributed by atoms with Gasteiger partial charge in [0.15, 0.2) is 5.69 Å². The largest absolute Gasteiger partial charge is 0.378 e. The van der Waals surface area contributed by atoms with Gasteiger partial charge < -0.3 is 15.0 Å². The van der Waals surface area contributed by atoms with Crippen LogP contribution < -0.4 is 5.32 Å². The van der Waals surface area contributed by atoms with Crippen molar-refractivity contribution in [2.24, 2.45) is 0 Å². The molecule has 1 fully saturated rings. The third-order valence-electron chi connectivity index (χ3n) is 4.55. The average Bonchev–Trinajstić information content (AvgIpc) is 3.17. The van der Waals surface area contributed by atoms with E-state index in [0.29, 0.717) is 44.1 Å². The zero-order valence-corrected chi connectivity index (χ0v) is 14.8. The van der Waals surface area contributed by atoms with Crippen molar-refractivity contribution in [3.05, 3.63) is 71.5 Å². The van der Waals surface area contributed by atoms with Crippen LogP contribution in [-0.2, 0) is 11.3 Å². The van der Waals surface area contributed by atoms with Gasteiger partial charge in [-0.25, -0.2) is 4.52 Å². The highest BCUT2D eigenvalue weighted by atomic mass is 16.5. The molecule has 1 N–H and O–H groups in total. The summed E-state index contributed by atoms with van der Waals surface area (Å²) in [7, 11) is 0. The Kier molecular flexibility index (Phi) is 4.84. The van der Waals surface area contributed by atoms with E-state index in [1.807, 2.05) is 30.3 Å². The number of rotatable bonds is 4. The lowest BCUT2D eigenvalue weighted by molar-refractivity contribution is 0.0303. The first-order valence-corrected chi connectivity index (χ1v) is 8.89. The molecule has 7 nitrogen and oxygen atoms in total. The minimum absolute atomic E-state index is 0.0126. The van der Waals surface area contributed by atoms with Crippen LogP contribution in [0.25, 0.3) is 5.52 Å². The number of carbonyl (C=O) groups is 2. The fraction of sp³-hybridized carbons (Fsp3) is 0.250. The number of benzene rings is 1. The third kappa shape index (κ3) is 3.83. The molecule has 3 aromatic rings. The van der Waals surface area contributed by atoms with Crippen molar-refractivity contribution in [1.29, 1.82) is 0 Å². The van der Waals surface area contributed by atoms with Crippen LogP contribution in [0.15, 0.2) is 54.7 Å². The Morgan fingerprint density at radius 3 is 2.59 bits per heavy atom. The first-order valence-electron chi connectivity index (χ1n) is 8.89. The third-order valence-corrected chi connectivity index (χ3v) is 4.55. The van der Waals surface area contributed by atoms with Crippen molar-refractivity contribution >= 4 is 17.3 Å². The Morgan fingerprint density at radius 1 is 1.07 bits per heavy atom. The van der Waals surface area contributed by atoms with Crippen LogP contribution in [0.1, 0.15) is 26.4 Å². The van der Waals surface area contributed by atoms with E-state index in [4.69, 9.17) is 4.74 Å². The number of nitrogens with zero attached hydrogens (tertiary/aromatic N) is 3. The van der Waals surface area contributed by atoms with Crippen LogP contribution in [-0.4, -0.2) is 52.6 Å². The van der Waals surface area contributed by atoms with Gasteiger partial charge >= 0.3 is 0 Å². The molecule has 0 unspecified atom stereocenters. The summed E-state index contributed by atoms with van der Waals surface area (Å²) in [6, 6.07) is 14.7. The maximum Gasteiger partial charge on any atom is 0.272 e. The molecule has 4 rings (SSSR count). The number of morpholine rings is 1. The smallest absolute Gasteiger partial charge is 0.272 e. The Hall–Kier alpha value is -3.19. The molecule has 1 saturated heterocycles. The summed E-state index contributed by atoms with van der Waals surface area (Å²) in [6.07, 6.45) is 1.80. The van der Waals surface area contributed by atoms with Gasteiger partial charge in [-0.1, -0.05) is 18.2 Å². The van der Waals surface area contributed by atoms with Crippen LogP contribution >= 0.6 is 0 Å². The Bertz CT molecular complexity index is 926. The normalized spacial score (nSPS) is 14.3. The SMILES string of the molecule is O=C(NCc1ccc(C(=O)N2CCOCC2)cc1)c1cc2ccccn2n1. The van der Waals surface area contributed by atoms with Gasteiger partial charge in [0.25, 0.3) is 11.8 Å². The summed E-state index contributed by atoms with van der Waals surface area (Å²) in [5.74, 6) is -0.217. The highest BCUT2D eigenvalue weighted by molar-refractivity contribution is 5.94. The van der Waals surface area contributed by atoms with Gasteiger partial charge in [0.2, 0.25) is 0 Å². The van der Waals surface area contributed by atoms with Gasteiger partial charge in [-0.3, -0.25) is 9.59 Å². The second-order valence-corrected chi connectivity index (χ2v) is 6.38. The lowest BCUT2D eigenvalue weighted by atomic mass is 10.1. The van der Waals surface area contributed by atoms with Crippen molar-refractivity contribution in [3.63, 3.8) is 0 Å². The molecule has 27 heavy (non-hydrogen) atoms. The van der Waals surface area contributed by atoms with Crippen molar-refractivity contribution < 1.29 is 14.3 Å². The van der Waals surface area contributed by atoms with Gasteiger partial charge in [0, 0.05) is 31.4 Å². The molecule has 0 spiro atoms. The van der Waals surface area contributed by atoms with Gasteiger partial charge in [-0.2, -0.15) is 5.10 Å². The van der Waals surface area contributed by atoms with Gasteiger partial charge in [-0.05, 0) is 35.9 Å². The van der Waals surface area contributed by atoms with Crippen LogP contribution in [0, 0.1) is 0 Å². The van der Waals surface area contributed by atoms with Crippen molar-refractivity contribution in [3.8, 4) is 0 Å². The maximum atomic E-state index is 12.4. The standard InChI is InChI=1S/C20H20N4O3/c25-19(18-13-17-3-1-2-8-24(17)22-18)21-14-15-4-6-16(7-5-15)20(26)23-9-11-27-12-10-23/h1-8,13H,9-12,14H2,(H,21,25). The number of hydrogen-bond donors (Lipinski definition) is 1. The summed E-state index contributed by atoms with van der Waals surface area (Å²) in [5.41, 5.74) is 2.81. The summed E-state index contributed by atoms with van der Waals surface area (Å²) < 4.78 is 6.94. The first kappa shape index (κ1) is 17.2. The zero-order valence-electron chi connectivity index (χ0n) is 14.8. The molecular formula is C20H20N4O3. The zero-order chi connectivity index (χ0) is 18.6. The molecule has 1 aromatic carbocycles. The monoisotopic (exact) mass is 364 g/mol. The minimum Gasteiger partial charge on any atom is -0.378 e. The molecule has 3 heterocycles. The van der Waals surface area contributed by atoms with Crippen LogP contribution in [0.2, 0.25) is 0 Å². The second kappa shape index (κ2) is 7.59. The number of aromatic nitrogens is 2. The Morgan fingerprint density at radius 2 is 1.85 bits per heavy atom. The molecule has 1 aliphatic heterocycles. The van der Waals surface area contributed by atoms with Gasteiger partial charge in [0.1, 0.15) is 0 Å². The lowest BCUT2D eigenvalue weighted by Gasteiger charge is -2.26. The number of ether oxygens (including phenoxy) is 1. The van der Waals surface area contributed by atoms with Crippen LogP contribution in [0.4, 0.5) is 0 Å². The summed E-state index contributed by atoms with van der Waals surface area (Å²) in [5, 5.41) is 7.12. The van der Waals surface area contributed by atoms with E-state index in [9.17, 15) is 9.59 Å². The van der Waals surface area contributed by atoms with E-state index in [1.165, 1.54) is 0 Å². The summed E-state index contributed by atoms with van der Waals surface area (Å²) in [6.45, 7) is 2.78. The van der Waals surface area contributed by atoms with Gasteiger partial charge in [0.05, 0.1) is 18.7 Å². The van der Waals surface area contributed by atoms with Crippen molar-refractivity contribution in [1.82, 2.24) is 19.8 Å². The quantitative estimate of drug-likeness (QED) is 0.765. The highest BCUT2D eigenvalue weighted by Crippen LogP contribution is 2.10. The molecular weight excluding hydrogens is 344 g/mol. The molecule has 2 amide bonds. The molecule has 0 radical (unpaired) electrons. The Labute approximate surface area is 156 Å². The van der Waals surface area contributed by atoms with Crippen molar-refractivity contribution in [2.75, 3.05) is 26.3 Å². The molecule has 0 bridgehead atoms. The minimum atomic E-state index is -0.229. The molecule has 0 atom stereocenters. The predicted molar refractivity (Wildman–Crippen MR) is 99.5 cm³/mol. The number of fused-ring (bicyclic) bond motifs is 1. The number of hydrogen-bond acceptors (Lipinski definition) is 4. The van der Waals surface area contributed by atoms with Gasteiger partial charge in [-0.15, -0.1) is 0 Å². The number of carbonyl (C=O) groups excluding carboxylic acids is 2. The molecule has 2 aromatic heterocycles. The van der Waals surface area contributed by atoms with E-state index in [1.54, 1.807) is 33.8 Å². The van der Waals surface area contributed by atoms with E-state index in [2.05, 4.69) is 10.4 Å². The number of amides is 2. The summed E-state index contributed by atoms with van der Waals surface area (Å²) >= 11 is 0. The fourth-order valence-corrected chi connectivity index (χ4v) is 3.04. The molecule has 7 heteroatoms. The lowest BCUT2D eigenvalue weighted by Crippen LogP contribution is -2.40. The average molecular weight is 364 g/mol. The van der Waals surface area contributed by atoms with Crippen LogP contribution in [0.3, 0.4) is 0 Å². The first-order chi connectivity index (χ1) is 13.2. The van der Waals surface area contributed by atoms with E-state index in [-0.39, 0.29) is 11.8 Å². The van der Waals surface area contributed by atoms with Crippen molar-refractivity contribution in [2.45, 2.75) is 6.54 Å². The predicted octanol–water partition coefficient (Wildman–Crippen LogP) is 1.74. The fourth-order valence-electron chi connectivity index (χ4n) is 3.04. The summed E-state index contributed by atoms with van der Waals surface area (Å²) in [4.78, 5) is 26.5. The Balaban J connectivity index is 1.36. The molecule has 138 valence electrons. The maximum absolute atomic E-state index is 12.4. The molecule has 0 saturated carbocycles. The number of pyridine rings is 1. The highest BCUT2D eigenvalue weighted by Gasteiger charge is 2.18. The molecule has 1 aliphatic rings. The molecule has 0 aliphatic carbocycles. The number of nitrogens with one attached hydrogen (secondary N) is 1. The van der Waals surface area contributed by atoms with E-state index in [0.717, 1.165) is 11.1 Å². The van der Waals surface area contributed by atoms with E-state index >= 15 is 0 Å². The topological polar surface area (TPSA) is 75.9 Å². The van der Waals surface area contributed by atoms with E-state index < -0.39 is 0 Å². The van der Waals surface area contributed by atoms with Crippen LogP contribution in [0.5, 0.6) is 0 Å².